The molecule has 0 fully saturated rings. The Bertz CT molecular complexity index is 1280. The second-order valence-electron chi connectivity index (χ2n) is 6.66. The summed E-state index contributed by atoms with van der Waals surface area (Å²) in [4.78, 5) is 26.6. The summed E-state index contributed by atoms with van der Waals surface area (Å²) in [5.41, 5.74) is 7.87. The summed E-state index contributed by atoms with van der Waals surface area (Å²) in [6.45, 7) is 0. The number of hydrogen-bond donors (Lipinski definition) is 1. The molecule has 0 atom stereocenters. The van der Waals surface area contributed by atoms with Crippen molar-refractivity contribution in [2.24, 2.45) is 0 Å². The Balaban J connectivity index is 1.88. The number of nitrogens with two attached hydrogens (primary N) is 1. The van der Waals surface area contributed by atoms with Gasteiger partial charge in [-0.05, 0) is 12.1 Å². The van der Waals surface area contributed by atoms with Crippen LogP contribution in [0, 0.1) is 0 Å². The van der Waals surface area contributed by atoms with E-state index in [0.29, 0.717) is 39.1 Å². The zero-order valence-corrected chi connectivity index (χ0v) is 14.8. The number of fused-ring (bicyclic) bond motifs is 3. The first-order chi connectivity index (χ1) is 13.7. The summed E-state index contributed by atoms with van der Waals surface area (Å²) >= 11 is 0. The lowest BCUT2D eigenvalue weighted by Crippen LogP contribution is -2.23. The monoisotopic (exact) mass is 365 g/mol. The van der Waals surface area contributed by atoms with Crippen molar-refractivity contribution < 1.29 is 14.3 Å². The van der Waals surface area contributed by atoms with E-state index in [2.05, 4.69) is 0 Å². The number of benzene rings is 4. The van der Waals surface area contributed by atoms with Gasteiger partial charge in [0.15, 0.2) is 11.6 Å². The third kappa shape index (κ3) is 2.25. The Kier molecular flexibility index (Phi) is 3.52. The fourth-order valence-electron chi connectivity index (χ4n) is 3.75. The number of carbonyl (C=O) groups excluding carboxylic acids is 2. The molecule has 0 amide bonds. The van der Waals surface area contributed by atoms with Gasteiger partial charge in [0.05, 0.1) is 16.8 Å². The van der Waals surface area contributed by atoms with Crippen molar-refractivity contribution in [3.8, 4) is 11.5 Å². The summed E-state index contributed by atoms with van der Waals surface area (Å²) < 4.78 is 6.15. The van der Waals surface area contributed by atoms with Crippen molar-refractivity contribution >= 4 is 28.0 Å². The molecule has 4 aromatic rings. The molecule has 1 aliphatic rings. The van der Waals surface area contributed by atoms with Gasteiger partial charge in [0.1, 0.15) is 11.5 Å². The van der Waals surface area contributed by atoms with E-state index in [1.165, 1.54) is 0 Å². The lowest BCUT2D eigenvalue weighted by atomic mass is 9.81. The van der Waals surface area contributed by atoms with Gasteiger partial charge in [-0.15, -0.1) is 0 Å². The fourth-order valence-corrected chi connectivity index (χ4v) is 3.75. The van der Waals surface area contributed by atoms with Crippen molar-refractivity contribution in [1.82, 2.24) is 0 Å². The molecule has 2 N–H and O–H groups in total. The summed E-state index contributed by atoms with van der Waals surface area (Å²) in [6, 6.07) is 23.4. The minimum Gasteiger partial charge on any atom is -0.456 e. The van der Waals surface area contributed by atoms with E-state index in [1.54, 1.807) is 36.4 Å². The second-order valence-corrected chi connectivity index (χ2v) is 6.66. The molecule has 5 rings (SSSR count). The Morgan fingerprint density at radius 2 is 1.14 bits per heavy atom. The Labute approximate surface area is 161 Å². The molecule has 0 unspecified atom stereocenters. The van der Waals surface area contributed by atoms with Gasteiger partial charge in [0.25, 0.3) is 0 Å². The van der Waals surface area contributed by atoms with Gasteiger partial charge in [-0.3, -0.25) is 9.59 Å². The standard InChI is InChI=1S/C24H15NO3/c25-21-15-10-4-7-13-18(15)24(28-14-8-2-1-3-9-14)20-19(21)22(26)16-11-5-6-12-17(16)23(20)27/h1-13H,25H2. The zero-order chi connectivity index (χ0) is 19.3. The van der Waals surface area contributed by atoms with Crippen LogP contribution >= 0.6 is 0 Å². The van der Waals surface area contributed by atoms with Crippen LogP contribution in [0.5, 0.6) is 11.5 Å². The molecule has 0 aliphatic heterocycles. The fraction of sp³-hybridized carbons (Fsp3) is 0. The highest BCUT2D eigenvalue weighted by molar-refractivity contribution is 6.33. The van der Waals surface area contributed by atoms with Crippen LogP contribution in [0.4, 0.5) is 5.69 Å². The van der Waals surface area contributed by atoms with E-state index in [-0.39, 0.29) is 22.7 Å². The average molecular weight is 365 g/mol. The SMILES string of the molecule is Nc1c2c(c(Oc3ccccc3)c3ccccc13)C(=O)c1ccccc1C2=O. The predicted octanol–water partition coefficient (Wildman–Crippen LogP) is 4.99. The lowest BCUT2D eigenvalue weighted by molar-refractivity contribution is 0.0978. The molecule has 0 radical (unpaired) electrons. The molecular formula is C24H15NO3. The quantitative estimate of drug-likeness (QED) is 0.448. The smallest absolute Gasteiger partial charge is 0.198 e. The van der Waals surface area contributed by atoms with Crippen LogP contribution in [0.3, 0.4) is 0 Å². The van der Waals surface area contributed by atoms with Crippen molar-refractivity contribution in [3.63, 3.8) is 0 Å². The maximum Gasteiger partial charge on any atom is 0.198 e. The van der Waals surface area contributed by atoms with Crippen molar-refractivity contribution in [2.75, 3.05) is 5.73 Å². The summed E-state index contributed by atoms with van der Waals surface area (Å²) in [6.07, 6.45) is 0. The average Bonchev–Trinajstić information content (AvgIpc) is 2.75. The Morgan fingerprint density at radius 3 is 1.82 bits per heavy atom. The van der Waals surface area contributed by atoms with Gasteiger partial charge in [-0.2, -0.15) is 0 Å². The highest BCUT2D eigenvalue weighted by Crippen LogP contribution is 2.44. The van der Waals surface area contributed by atoms with Gasteiger partial charge >= 0.3 is 0 Å². The first-order valence-corrected chi connectivity index (χ1v) is 8.92. The van der Waals surface area contributed by atoms with Gasteiger partial charge in [-0.1, -0.05) is 66.7 Å². The van der Waals surface area contributed by atoms with Crippen molar-refractivity contribution in [3.05, 3.63) is 101 Å². The van der Waals surface area contributed by atoms with E-state index < -0.39 is 0 Å². The minimum absolute atomic E-state index is 0.216. The largest absolute Gasteiger partial charge is 0.456 e. The van der Waals surface area contributed by atoms with Gasteiger partial charge < -0.3 is 10.5 Å². The van der Waals surface area contributed by atoms with Crippen LogP contribution in [-0.4, -0.2) is 11.6 Å². The molecular weight excluding hydrogens is 350 g/mol. The molecule has 0 saturated heterocycles. The maximum absolute atomic E-state index is 13.4. The molecule has 4 heteroatoms. The molecule has 0 spiro atoms. The number of rotatable bonds is 2. The van der Waals surface area contributed by atoms with Gasteiger partial charge in [0, 0.05) is 21.9 Å². The highest BCUT2D eigenvalue weighted by atomic mass is 16.5. The van der Waals surface area contributed by atoms with Crippen LogP contribution in [0.1, 0.15) is 31.8 Å². The van der Waals surface area contributed by atoms with Crippen molar-refractivity contribution in [1.29, 1.82) is 0 Å². The highest BCUT2D eigenvalue weighted by Gasteiger charge is 2.35. The summed E-state index contributed by atoms with van der Waals surface area (Å²) in [7, 11) is 0. The molecule has 0 bridgehead atoms. The maximum atomic E-state index is 13.4. The molecule has 4 nitrogen and oxygen atoms in total. The number of para-hydroxylation sites is 1. The summed E-state index contributed by atoms with van der Waals surface area (Å²) in [5.74, 6) is 0.428. The number of ketones is 2. The number of nitrogen functional groups attached to an aromatic ring is 1. The molecule has 28 heavy (non-hydrogen) atoms. The second kappa shape index (κ2) is 6.06. The molecule has 0 aromatic heterocycles. The van der Waals surface area contributed by atoms with Crippen LogP contribution in [0.15, 0.2) is 78.9 Å². The minimum atomic E-state index is -0.258. The van der Waals surface area contributed by atoms with E-state index in [4.69, 9.17) is 10.5 Å². The first kappa shape index (κ1) is 16.3. The first-order valence-electron chi connectivity index (χ1n) is 8.92. The summed E-state index contributed by atoms with van der Waals surface area (Å²) in [5, 5.41) is 1.39. The van der Waals surface area contributed by atoms with Crippen LogP contribution < -0.4 is 10.5 Å². The Hall–Kier alpha value is -3.92. The van der Waals surface area contributed by atoms with Crippen LogP contribution in [0.2, 0.25) is 0 Å². The van der Waals surface area contributed by atoms with E-state index >= 15 is 0 Å². The number of anilines is 1. The van der Waals surface area contributed by atoms with E-state index in [0.717, 1.165) is 0 Å². The third-order valence-corrected chi connectivity index (χ3v) is 5.04. The topological polar surface area (TPSA) is 69.4 Å². The Morgan fingerprint density at radius 1 is 0.607 bits per heavy atom. The normalized spacial score (nSPS) is 12.6. The van der Waals surface area contributed by atoms with E-state index in [9.17, 15) is 9.59 Å². The molecule has 1 aliphatic carbocycles. The zero-order valence-electron chi connectivity index (χ0n) is 14.8. The molecule has 0 saturated carbocycles. The van der Waals surface area contributed by atoms with Crippen LogP contribution in [-0.2, 0) is 0 Å². The van der Waals surface area contributed by atoms with E-state index in [1.807, 2.05) is 42.5 Å². The molecule has 134 valence electrons. The van der Waals surface area contributed by atoms with Crippen molar-refractivity contribution in [2.45, 2.75) is 0 Å². The van der Waals surface area contributed by atoms with Gasteiger partial charge in [-0.25, -0.2) is 0 Å². The molecule has 0 heterocycles. The van der Waals surface area contributed by atoms with Gasteiger partial charge in [0.2, 0.25) is 0 Å². The lowest BCUT2D eigenvalue weighted by Gasteiger charge is -2.23. The number of carbonyl (C=O) groups is 2. The number of ether oxygens (including phenoxy) is 1. The third-order valence-electron chi connectivity index (χ3n) is 5.04. The van der Waals surface area contributed by atoms with Crippen LogP contribution in [0.25, 0.3) is 10.8 Å². The number of hydrogen-bond acceptors (Lipinski definition) is 4. The molecule has 4 aromatic carbocycles. The predicted molar refractivity (Wildman–Crippen MR) is 108 cm³/mol.